The first-order valence-electron chi connectivity index (χ1n) is 5.03. The molecule has 7 heteroatoms. The molecule has 0 fully saturated rings. The van der Waals surface area contributed by atoms with Crippen LogP contribution in [-0.2, 0) is 0 Å². The second kappa shape index (κ2) is 5.19. The highest BCUT2D eigenvalue weighted by Gasteiger charge is 2.12. The minimum Gasteiger partial charge on any atom is -0.455 e. The molecule has 0 aliphatic rings. The summed E-state index contributed by atoms with van der Waals surface area (Å²) in [7, 11) is 0. The van der Waals surface area contributed by atoms with E-state index < -0.39 is 22.2 Å². The van der Waals surface area contributed by atoms with Crippen LogP contribution in [0.1, 0.15) is 0 Å². The van der Waals surface area contributed by atoms with Crippen LogP contribution >= 0.6 is 11.6 Å². The van der Waals surface area contributed by atoms with Gasteiger partial charge in [-0.3, -0.25) is 10.1 Å². The third kappa shape index (κ3) is 3.17. The minimum absolute atomic E-state index is 0.0214. The summed E-state index contributed by atoms with van der Waals surface area (Å²) in [5.41, 5.74) is -0.451. The molecule has 0 N–H and O–H groups in total. The van der Waals surface area contributed by atoms with E-state index in [9.17, 15) is 18.9 Å². The van der Waals surface area contributed by atoms with Crippen molar-refractivity contribution >= 4 is 17.3 Å². The molecule has 0 atom stereocenters. The van der Waals surface area contributed by atoms with Crippen LogP contribution in [0.4, 0.5) is 14.5 Å². The van der Waals surface area contributed by atoms with E-state index in [1.807, 2.05) is 0 Å². The van der Waals surface area contributed by atoms with E-state index in [0.717, 1.165) is 30.3 Å². The number of nitrogens with zero attached hydrogens (tertiary/aromatic N) is 1. The Morgan fingerprint density at radius 2 is 1.84 bits per heavy atom. The standard InChI is InChI=1S/C12H6ClF2NO3/c13-11-5-7(14)1-2-12(11)19-10-4-8(15)3-9(6-10)16(17)18/h1-6H. The molecule has 0 spiro atoms. The molecule has 0 amide bonds. The number of hydrogen-bond acceptors (Lipinski definition) is 3. The molecular weight excluding hydrogens is 280 g/mol. The monoisotopic (exact) mass is 285 g/mol. The molecule has 0 bridgehead atoms. The first-order valence-corrected chi connectivity index (χ1v) is 5.41. The maximum atomic E-state index is 13.2. The van der Waals surface area contributed by atoms with Gasteiger partial charge in [0, 0.05) is 6.07 Å². The predicted octanol–water partition coefficient (Wildman–Crippen LogP) is 4.32. The zero-order chi connectivity index (χ0) is 14.0. The SMILES string of the molecule is O=[N+]([O-])c1cc(F)cc(Oc2ccc(F)cc2Cl)c1. The molecular formula is C12H6ClF2NO3. The van der Waals surface area contributed by atoms with Crippen LogP contribution < -0.4 is 4.74 Å². The Balaban J connectivity index is 2.35. The van der Waals surface area contributed by atoms with Gasteiger partial charge in [0.25, 0.3) is 5.69 Å². The molecule has 0 aromatic heterocycles. The third-order valence-corrected chi connectivity index (χ3v) is 2.48. The lowest BCUT2D eigenvalue weighted by molar-refractivity contribution is -0.385. The van der Waals surface area contributed by atoms with Gasteiger partial charge in [-0.15, -0.1) is 0 Å². The van der Waals surface area contributed by atoms with Crippen LogP contribution in [0.15, 0.2) is 36.4 Å². The molecule has 2 aromatic carbocycles. The van der Waals surface area contributed by atoms with Gasteiger partial charge in [0.05, 0.1) is 22.1 Å². The molecule has 98 valence electrons. The number of hydrogen-bond donors (Lipinski definition) is 0. The Morgan fingerprint density at radius 3 is 2.47 bits per heavy atom. The minimum atomic E-state index is -0.817. The van der Waals surface area contributed by atoms with E-state index in [1.165, 1.54) is 6.07 Å². The lowest BCUT2D eigenvalue weighted by Crippen LogP contribution is -1.92. The van der Waals surface area contributed by atoms with Crippen molar-refractivity contribution in [1.82, 2.24) is 0 Å². The largest absolute Gasteiger partial charge is 0.455 e. The summed E-state index contributed by atoms with van der Waals surface area (Å²) >= 11 is 5.73. The van der Waals surface area contributed by atoms with Crippen LogP contribution in [0.2, 0.25) is 5.02 Å². The van der Waals surface area contributed by atoms with E-state index in [2.05, 4.69) is 0 Å². The van der Waals surface area contributed by atoms with Gasteiger partial charge in [0.15, 0.2) is 0 Å². The van der Waals surface area contributed by atoms with Crippen molar-refractivity contribution in [1.29, 1.82) is 0 Å². The van der Waals surface area contributed by atoms with E-state index in [0.29, 0.717) is 0 Å². The van der Waals surface area contributed by atoms with Crippen molar-refractivity contribution in [3.63, 3.8) is 0 Å². The van der Waals surface area contributed by atoms with Crippen molar-refractivity contribution in [2.24, 2.45) is 0 Å². The molecule has 2 rings (SSSR count). The average Bonchev–Trinajstić information content (AvgIpc) is 2.32. The van der Waals surface area contributed by atoms with Crippen molar-refractivity contribution in [2.45, 2.75) is 0 Å². The highest BCUT2D eigenvalue weighted by Crippen LogP contribution is 2.31. The fourth-order valence-electron chi connectivity index (χ4n) is 1.40. The number of benzene rings is 2. The van der Waals surface area contributed by atoms with Crippen molar-refractivity contribution in [2.75, 3.05) is 0 Å². The van der Waals surface area contributed by atoms with Crippen LogP contribution in [-0.4, -0.2) is 4.92 Å². The number of nitro benzene ring substituents is 1. The Labute approximate surface area is 111 Å². The molecule has 0 saturated heterocycles. The highest BCUT2D eigenvalue weighted by atomic mass is 35.5. The van der Waals surface area contributed by atoms with Gasteiger partial charge < -0.3 is 4.74 Å². The quantitative estimate of drug-likeness (QED) is 0.623. The molecule has 19 heavy (non-hydrogen) atoms. The summed E-state index contributed by atoms with van der Waals surface area (Å²) in [6.07, 6.45) is 0. The first-order chi connectivity index (χ1) is 8.95. The first kappa shape index (κ1) is 13.2. The number of rotatable bonds is 3. The second-order valence-electron chi connectivity index (χ2n) is 3.58. The fourth-order valence-corrected chi connectivity index (χ4v) is 1.60. The van der Waals surface area contributed by atoms with Gasteiger partial charge in [-0.1, -0.05) is 11.6 Å². The summed E-state index contributed by atoms with van der Waals surface area (Å²) < 4.78 is 31.2. The summed E-state index contributed by atoms with van der Waals surface area (Å²) in [4.78, 5) is 9.83. The highest BCUT2D eigenvalue weighted by molar-refractivity contribution is 6.32. The molecule has 2 aromatic rings. The van der Waals surface area contributed by atoms with Gasteiger partial charge in [-0.05, 0) is 18.2 Å². The molecule has 0 heterocycles. The van der Waals surface area contributed by atoms with Crippen LogP contribution in [0.25, 0.3) is 0 Å². The molecule has 0 saturated carbocycles. The average molecular weight is 286 g/mol. The topological polar surface area (TPSA) is 52.4 Å². The van der Waals surface area contributed by atoms with Crippen molar-refractivity contribution < 1.29 is 18.4 Å². The Bertz CT molecular complexity index is 649. The third-order valence-electron chi connectivity index (χ3n) is 2.19. The normalized spacial score (nSPS) is 10.3. The predicted molar refractivity (Wildman–Crippen MR) is 64.5 cm³/mol. The van der Waals surface area contributed by atoms with Gasteiger partial charge in [-0.2, -0.15) is 0 Å². The fraction of sp³-hybridized carbons (Fsp3) is 0. The summed E-state index contributed by atoms with van der Waals surface area (Å²) in [6.45, 7) is 0. The number of halogens is 3. The van der Waals surface area contributed by atoms with E-state index in [-0.39, 0.29) is 16.5 Å². The maximum Gasteiger partial charge on any atom is 0.276 e. The zero-order valence-electron chi connectivity index (χ0n) is 9.27. The molecule has 0 aliphatic heterocycles. The van der Waals surface area contributed by atoms with E-state index in [4.69, 9.17) is 16.3 Å². The number of non-ortho nitro benzene ring substituents is 1. The molecule has 0 aliphatic carbocycles. The number of nitro groups is 1. The van der Waals surface area contributed by atoms with Gasteiger partial charge in [-0.25, -0.2) is 8.78 Å². The van der Waals surface area contributed by atoms with Crippen LogP contribution in [0, 0.1) is 21.7 Å². The lowest BCUT2D eigenvalue weighted by Gasteiger charge is -2.07. The maximum absolute atomic E-state index is 13.2. The van der Waals surface area contributed by atoms with Crippen LogP contribution in [0.5, 0.6) is 11.5 Å². The summed E-state index contributed by atoms with van der Waals surface area (Å²) in [5.74, 6) is -1.40. The lowest BCUT2D eigenvalue weighted by atomic mass is 10.3. The molecule has 0 radical (unpaired) electrons. The van der Waals surface area contributed by atoms with Crippen molar-refractivity contribution in [3.05, 3.63) is 63.2 Å². The molecule has 0 unspecified atom stereocenters. The van der Waals surface area contributed by atoms with Gasteiger partial charge in [0.2, 0.25) is 0 Å². The second-order valence-corrected chi connectivity index (χ2v) is 3.99. The Morgan fingerprint density at radius 1 is 1.11 bits per heavy atom. The number of ether oxygens (including phenoxy) is 1. The summed E-state index contributed by atoms with van der Waals surface area (Å²) in [5, 5.41) is 10.6. The Kier molecular flexibility index (Phi) is 3.62. The van der Waals surface area contributed by atoms with E-state index in [1.54, 1.807) is 0 Å². The van der Waals surface area contributed by atoms with Gasteiger partial charge in [0.1, 0.15) is 23.1 Å². The molecule has 4 nitrogen and oxygen atoms in total. The van der Waals surface area contributed by atoms with Crippen LogP contribution in [0.3, 0.4) is 0 Å². The van der Waals surface area contributed by atoms with Crippen molar-refractivity contribution in [3.8, 4) is 11.5 Å². The van der Waals surface area contributed by atoms with E-state index >= 15 is 0 Å². The Hall–Kier alpha value is -2.21. The zero-order valence-corrected chi connectivity index (χ0v) is 10.0. The smallest absolute Gasteiger partial charge is 0.276 e. The summed E-state index contributed by atoms with van der Waals surface area (Å²) in [6, 6.07) is 6.14. The van der Waals surface area contributed by atoms with Gasteiger partial charge >= 0.3 is 0 Å².